The highest BCUT2D eigenvalue weighted by Gasteiger charge is 2.44. The molecule has 1 aliphatic heterocycles. The van der Waals surface area contributed by atoms with Gasteiger partial charge in [-0.1, -0.05) is 25.1 Å². The first kappa shape index (κ1) is 17.9. The largest absolute Gasteiger partial charge is 0.458 e. The maximum absolute atomic E-state index is 12.9. The van der Waals surface area contributed by atoms with Gasteiger partial charge in [-0.15, -0.1) is 0 Å². The zero-order valence-corrected chi connectivity index (χ0v) is 16.2. The zero-order chi connectivity index (χ0) is 19.2. The number of hydrogen-bond donors (Lipinski definition) is 1. The van der Waals surface area contributed by atoms with E-state index in [4.69, 9.17) is 4.74 Å². The number of rotatable bonds is 3. The van der Waals surface area contributed by atoms with Crippen LogP contribution in [0.3, 0.4) is 0 Å². The van der Waals surface area contributed by atoms with E-state index in [1.807, 2.05) is 30.3 Å². The highest BCUT2D eigenvalue weighted by molar-refractivity contribution is 9.10. The van der Waals surface area contributed by atoms with Gasteiger partial charge in [-0.05, 0) is 40.5 Å². The Morgan fingerprint density at radius 1 is 1.30 bits per heavy atom. The van der Waals surface area contributed by atoms with E-state index in [1.165, 1.54) is 4.57 Å². The summed E-state index contributed by atoms with van der Waals surface area (Å²) < 4.78 is 7.26. The molecule has 0 fully saturated rings. The van der Waals surface area contributed by atoms with Crippen LogP contribution in [-0.4, -0.2) is 20.6 Å². The number of aliphatic hydroxyl groups is 1. The summed E-state index contributed by atoms with van der Waals surface area (Å²) in [6.45, 7) is 1.86. The monoisotopic (exact) mass is 428 g/mol. The van der Waals surface area contributed by atoms with Crippen molar-refractivity contribution in [3.63, 3.8) is 0 Å². The van der Waals surface area contributed by atoms with Crippen LogP contribution in [0.15, 0.2) is 52.0 Å². The first-order valence-electron chi connectivity index (χ1n) is 8.60. The minimum Gasteiger partial charge on any atom is -0.458 e. The van der Waals surface area contributed by atoms with Crippen LogP contribution in [0.2, 0.25) is 0 Å². The fraction of sp³-hybridized carbons (Fsp3) is 0.250. The molecule has 1 N–H and O–H groups in total. The summed E-state index contributed by atoms with van der Waals surface area (Å²) in [4.78, 5) is 29.4. The SMILES string of the molecule is CCC1(O)C(=O)OCc2c1ccn(Cc1cc3ccccc3nc1Br)c2=O. The van der Waals surface area contributed by atoms with Gasteiger partial charge in [0.25, 0.3) is 5.56 Å². The average Bonchev–Trinajstić information content (AvgIpc) is 2.67. The van der Waals surface area contributed by atoms with Crippen LogP contribution < -0.4 is 5.56 Å². The molecule has 1 atom stereocenters. The van der Waals surface area contributed by atoms with E-state index in [0.717, 1.165) is 16.5 Å². The molecule has 7 heteroatoms. The van der Waals surface area contributed by atoms with Crippen LogP contribution in [0.5, 0.6) is 0 Å². The van der Waals surface area contributed by atoms with Crippen LogP contribution in [-0.2, 0) is 28.3 Å². The van der Waals surface area contributed by atoms with Crippen molar-refractivity contribution >= 4 is 32.8 Å². The summed E-state index contributed by atoms with van der Waals surface area (Å²) in [6.07, 6.45) is 1.74. The minimum absolute atomic E-state index is 0.132. The Labute approximate surface area is 163 Å². The number of para-hydroxylation sites is 1. The molecule has 27 heavy (non-hydrogen) atoms. The van der Waals surface area contributed by atoms with Gasteiger partial charge in [0.15, 0.2) is 5.60 Å². The molecule has 1 unspecified atom stereocenters. The number of esters is 1. The second-order valence-corrected chi connectivity index (χ2v) is 7.31. The number of carbonyl (C=O) groups excluding carboxylic acids is 1. The highest BCUT2D eigenvalue weighted by atomic mass is 79.9. The molecule has 1 aliphatic rings. The van der Waals surface area contributed by atoms with Crippen LogP contribution in [0.4, 0.5) is 0 Å². The van der Waals surface area contributed by atoms with E-state index in [-0.39, 0.29) is 18.6 Å². The molecule has 0 saturated heterocycles. The molecular formula is C20H17BrN2O4. The lowest BCUT2D eigenvalue weighted by Crippen LogP contribution is -2.44. The molecule has 0 aliphatic carbocycles. The number of fused-ring (bicyclic) bond motifs is 2. The van der Waals surface area contributed by atoms with Gasteiger partial charge >= 0.3 is 5.97 Å². The van der Waals surface area contributed by atoms with Crippen molar-refractivity contribution in [1.82, 2.24) is 9.55 Å². The Balaban J connectivity index is 1.78. The molecule has 138 valence electrons. The third kappa shape index (κ3) is 2.87. The van der Waals surface area contributed by atoms with Gasteiger partial charge < -0.3 is 14.4 Å². The molecular weight excluding hydrogens is 412 g/mol. The molecule has 2 aromatic heterocycles. The number of carbonyl (C=O) groups is 1. The Bertz CT molecular complexity index is 1120. The lowest BCUT2D eigenvalue weighted by Gasteiger charge is -2.31. The van der Waals surface area contributed by atoms with E-state index in [0.29, 0.717) is 22.3 Å². The number of aromatic nitrogens is 2. The van der Waals surface area contributed by atoms with Crippen molar-refractivity contribution in [2.45, 2.75) is 32.1 Å². The van der Waals surface area contributed by atoms with Gasteiger partial charge in [-0.2, -0.15) is 0 Å². The van der Waals surface area contributed by atoms with E-state index in [9.17, 15) is 14.7 Å². The molecule has 0 saturated carbocycles. The zero-order valence-electron chi connectivity index (χ0n) is 14.6. The van der Waals surface area contributed by atoms with Crippen molar-refractivity contribution in [2.75, 3.05) is 0 Å². The number of halogens is 1. The van der Waals surface area contributed by atoms with Gasteiger partial charge in [0.05, 0.1) is 17.6 Å². The molecule has 6 nitrogen and oxygen atoms in total. The number of pyridine rings is 2. The fourth-order valence-electron chi connectivity index (χ4n) is 3.41. The number of nitrogens with zero attached hydrogens (tertiary/aromatic N) is 2. The second kappa shape index (κ2) is 6.58. The van der Waals surface area contributed by atoms with Gasteiger partial charge in [-0.3, -0.25) is 4.79 Å². The van der Waals surface area contributed by atoms with Crippen molar-refractivity contribution in [3.05, 3.63) is 74.2 Å². The topological polar surface area (TPSA) is 81.4 Å². The van der Waals surface area contributed by atoms with Gasteiger partial charge in [0.2, 0.25) is 0 Å². The third-order valence-corrected chi connectivity index (χ3v) is 5.69. The predicted octanol–water partition coefficient (Wildman–Crippen LogP) is 2.86. The molecule has 0 amide bonds. The molecule has 1 aromatic carbocycles. The van der Waals surface area contributed by atoms with Crippen molar-refractivity contribution in [1.29, 1.82) is 0 Å². The molecule has 0 bridgehead atoms. The third-order valence-electron chi connectivity index (χ3n) is 5.00. The standard InChI is InChI=1S/C20H17BrN2O4/c1-2-20(26)15-7-8-23(18(24)14(15)11-27-19(20)25)10-13-9-12-5-3-4-6-16(12)22-17(13)21/h3-9,26H,2,10-11H2,1H3. The number of benzene rings is 1. The van der Waals surface area contributed by atoms with Crippen LogP contribution in [0.1, 0.15) is 30.0 Å². The Hall–Kier alpha value is -2.51. The number of cyclic esters (lactones) is 1. The summed E-state index contributed by atoms with van der Waals surface area (Å²) in [5.74, 6) is -0.712. The van der Waals surface area contributed by atoms with Crippen LogP contribution in [0.25, 0.3) is 10.9 Å². The van der Waals surface area contributed by atoms with Gasteiger partial charge in [0.1, 0.15) is 11.2 Å². The molecule has 0 spiro atoms. The van der Waals surface area contributed by atoms with Crippen molar-refractivity contribution in [2.24, 2.45) is 0 Å². The maximum atomic E-state index is 12.9. The van der Waals surface area contributed by atoms with Crippen molar-refractivity contribution < 1.29 is 14.6 Å². The maximum Gasteiger partial charge on any atom is 0.343 e. The lowest BCUT2D eigenvalue weighted by atomic mass is 9.87. The normalized spacial score (nSPS) is 19.0. The molecule has 0 radical (unpaired) electrons. The van der Waals surface area contributed by atoms with E-state index in [2.05, 4.69) is 20.9 Å². The van der Waals surface area contributed by atoms with Gasteiger partial charge in [0, 0.05) is 22.7 Å². The summed E-state index contributed by atoms with van der Waals surface area (Å²) in [5, 5.41) is 11.6. The Kier molecular flexibility index (Phi) is 4.36. The highest BCUT2D eigenvalue weighted by Crippen LogP contribution is 2.32. The number of hydrogen-bond acceptors (Lipinski definition) is 5. The molecule has 3 aromatic rings. The van der Waals surface area contributed by atoms with E-state index in [1.54, 1.807) is 19.2 Å². The van der Waals surface area contributed by atoms with Crippen LogP contribution in [0, 0.1) is 0 Å². The Morgan fingerprint density at radius 2 is 2.07 bits per heavy atom. The summed E-state index contributed by atoms with van der Waals surface area (Å²) in [6, 6.07) is 11.4. The Morgan fingerprint density at radius 3 is 2.85 bits per heavy atom. The average molecular weight is 429 g/mol. The smallest absolute Gasteiger partial charge is 0.343 e. The second-order valence-electron chi connectivity index (χ2n) is 6.56. The summed E-state index contributed by atoms with van der Waals surface area (Å²) >= 11 is 3.48. The van der Waals surface area contributed by atoms with E-state index >= 15 is 0 Å². The van der Waals surface area contributed by atoms with Crippen LogP contribution >= 0.6 is 15.9 Å². The molecule has 3 heterocycles. The quantitative estimate of drug-likeness (QED) is 0.512. The summed E-state index contributed by atoms with van der Waals surface area (Å²) in [7, 11) is 0. The summed E-state index contributed by atoms with van der Waals surface area (Å²) in [5.41, 5.74) is 0.313. The fourth-order valence-corrected chi connectivity index (χ4v) is 3.84. The first-order chi connectivity index (χ1) is 12.9. The number of ether oxygens (including phenoxy) is 1. The van der Waals surface area contributed by atoms with Gasteiger partial charge in [-0.25, -0.2) is 9.78 Å². The minimum atomic E-state index is -1.77. The van der Waals surface area contributed by atoms with E-state index < -0.39 is 11.6 Å². The first-order valence-corrected chi connectivity index (χ1v) is 9.40. The van der Waals surface area contributed by atoms with Crippen molar-refractivity contribution in [3.8, 4) is 0 Å². The predicted molar refractivity (Wildman–Crippen MR) is 103 cm³/mol. The lowest BCUT2D eigenvalue weighted by molar-refractivity contribution is -0.172. The molecule has 4 rings (SSSR count).